The molecule has 1 N–H and O–H groups in total. The summed E-state index contributed by atoms with van der Waals surface area (Å²) in [4.78, 5) is 15.5. The van der Waals surface area contributed by atoms with Gasteiger partial charge in [-0.05, 0) is 57.1 Å². The third kappa shape index (κ3) is 4.60. The van der Waals surface area contributed by atoms with Crippen molar-refractivity contribution in [2.45, 2.75) is 40.2 Å². The maximum absolute atomic E-state index is 13.2. The molecule has 6 nitrogen and oxygen atoms in total. The Hall–Kier alpha value is -2.99. The molecule has 0 bridgehead atoms. The van der Waals surface area contributed by atoms with Crippen LogP contribution in [0.4, 0.5) is 0 Å². The summed E-state index contributed by atoms with van der Waals surface area (Å²) in [7, 11) is 1.57. The van der Waals surface area contributed by atoms with Gasteiger partial charge in [-0.15, -0.1) is 0 Å². The van der Waals surface area contributed by atoms with Crippen LogP contribution in [0.25, 0.3) is 11.0 Å². The highest BCUT2D eigenvalue weighted by Crippen LogP contribution is 2.32. The molecule has 160 valence electrons. The first-order valence-corrected chi connectivity index (χ1v) is 10.3. The van der Waals surface area contributed by atoms with Gasteiger partial charge in [0.1, 0.15) is 28.6 Å². The topological polar surface area (TPSA) is 72.1 Å². The summed E-state index contributed by atoms with van der Waals surface area (Å²) in [6, 6.07) is 10.2. The van der Waals surface area contributed by atoms with Gasteiger partial charge in [-0.25, -0.2) is 0 Å². The molecule has 3 aromatic rings. The second-order valence-electron chi connectivity index (χ2n) is 7.31. The van der Waals surface area contributed by atoms with Crippen LogP contribution in [-0.4, -0.2) is 30.2 Å². The van der Waals surface area contributed by atoms with Gasteiger partial charge in [0, 0.05) is 12.6 Å². The molecule has 6 heteroatoms. The number of aryl methyl sites for hydroxylation is 1. The summed E-state index contributed by atoms with van der Waals surface area (Å²) in [5.74, 6) is 1.74. The second kappa shape index (κ2) is 9.67. The Labute approximate surface area is 176 Å². The predicted molar refractivity (Wildman–Crippen MR) is 118 cm³/mol. The molecule has 0 spiro atoms. The minimum Gasteiger partial charge on any atom is -0.507 e. The van der Waals surface area contributed by atoms with E-state index in [1.165, 1.54) is 0 Å². The van der Waals surface area contributed by atoms with Gasteiger partial charge in [0.15, 0.2) is 0 Å². The monoisotopic (exact) mass is 411 g/mol. The number of phenolic OH excluding ortho intramolecular Hbond substituents is 1. The molecule has 1 heterocycles. The van der Waals surface area contributed by atoms with Crippen LogP contribution in [0.3, 0.4) is 0 Å². The number of methoxy groups -OCH3 is 1. The smallest absolute Gasteiger partial charge is 0.235 e. The first-order chi connectivity index (χ1) is 14.5. The first kappa shape index (κ1) is 21.7. The van der Waals surface area contributed by atoms with Crippen LogP contribution in [0.5, 0.6) is 23.0 Å². The van der Waals surface area contributed by atoms with Gasteiger partial charge in [-0.3, -0.25) is 9.69 Å². The van der Waals surface area contributed by atoms with Gasteiger partial charge in [-0.2, -0.15) is 0 Å². The van der Waals surface area contributed by atoms with Gasteiger partial charge >= 0.3 is 0 Å². The highest BCUT2D eigenvalue weighted by molar-refractivity contribution is 5.83. The number of phenols is 1. The van der Waals surface area contributed by atoms with Crippen molar-refractivity contribution >= 4 is 11.0 Å². The molecular weight excluding hydrogens is 382 g/mol. The lowest BCUT2D eigenvalue weighted by molar-refractivity contribution is 0.262. The number of hydrogen-bond acceptors (Lipinski definition) is 6. The van der Waals surface area contributed by atoms with E-state index in [0.29, 0.717) is 40.3 Å². The molecule has 0 amide bonds. The van der Waals surface area contributed by atoms with E-state index in [1.807, 2.05) is 0 Å². The van der Waals surface area contributed by atoms with Crippen molar-refractivity contribution in [3.63, 3.8) is 0 Å². The number of hydrogen-bond donors (Lipinski definition) is 1. The molecule has 3 rings (SSSR count). The van der Waals surface area contributed by atoms with Crippen LogP contribution >= 0.6 is 0 Å². The Bertz CT molecular complexity index is 1070. The van der Waals surface area contributed by atoms with Gasteiger partial charge in [0.2, 0.25) is 11.2 Å². The lowest BCUT2D eigenvalue weighted by Crippen LogP contribution is -2.25. The van der Waals surface area contributed by atoms with E-state index in [2.05, 4.69) is 18.7 Å². The Morgan fingerprint density at radius 1 is 1.07 bits per heavy atom. The molecule has 0 saturated carbocycles. The second-order valence-corrected chi connectivity index (χ2v) is 7.31. The van der Waals surface area contributed by atoms with Crippen molar-refractivity contribution in [2.24, 2.45) is 0 Å². The maximum Gasteiger partial charge on any atom is 0.235 e. The average molecular weight is 411 g/mol. The fourth-order valence-corrected chi connectivity index (χ4v) is 3.57. The normalized spacial score (nSPS) is 11.2. The van der Waals surface area contributed by atoms with Gasteiger partial charge in [0.05, 0.1) is 18.1 Å². The van der Waals surface area contributed by atoms with Gasteiger partial charge < -0.3 is 19.0 Å². The van der Waals surface area contributed by atoms with Crippen LogP contribution in [0.15, 0.2) is 45.6 Å². The zero-order valence-electron chi connectivity index (χ0n) is 18.0. The van der Waals surface area contributed by atoms with Crippen molar-refractivity contribution in [3.8, 4) is 23.0 Å². The summed E-state index contributed by atoms with van der Waals surface area (Å²) in [5.41, 5.74) is 0.769. The SMILES string of the molecule is CCCN(CCC)Cc1c(O)ccc2c(=O)c(Oc3cccc(OC)c3)c(C)oc12. The van der Waals surface area contributed by atoms with Crippen LogP contribution < -0.4 is 14.9 Å². The molecule has 0 aliphatic rings. The van der Waals surface area contributed by atoms with E-state index >= 15 is 0 Å². The van der Waals surface area contributed by atoms with Crippen LogP contribution in [0.2, 0.25) is 0 Å². The molecule has 0 fully saturated rings. The number of fused-ring (bicyclic) bond motifs is 1. The zero-order valence-corrected chi connectivity index (χ0v) is 18.0. The average Bonchev–Trinajstić information content (AvgIpc) is 2.73. The van der Waals surface area contributed by atoms with Crippen molar-refractivity contribution in [1.82, 2.24) is 4.90 Å². The van der Waals surface area contributed by atoms with Crippen molar-refractivity contribution < 1.29 is 19.0 Å². The molecule has 30 heavy (non-hydrogen) atoms. The largest absolute Gasteiger partial charge is 0.507 e. The van der Waals surface area contributed by atoms with E-state index in [9.17, 15) is 9.90 Å². The minimum absolute atomic E-state index is 0.128. The minimum atomic E-state index is -0.268. The first-order valence-electron chi connectivity index (χ1n) is 10.3. The van der Waals surface area contributed by atoms with E-state index in [1.54, 1.807) is 50.4 Å². The Balaban J connectivity index is 2.05. The highest BCUT2D eigenvalue weighted by Gasteiger charge is 2.20. The zero-order chi connectivity index (χ0) is 21.7. The van der Waals surface area contributed by atoms with Gasteiger partial charge in [0.25, 0.3) is 0 Å². The fraction of sp³-hybridized carbons (Fsp3) is 0.375. The molecule has 0 atom stereocenters. The molecule has 1 aromatic heterocycles. The van der Waals surface area contributed by atoms with E-state index in [4.69, 9.17) is 13.9 Å². The van der Waals surface area contributed by atoms with Crippen molar-refractivity contribution in [1.29, 1.82) is 0 Å². The number of ether oxygens (including phenoxy) is 2. The number of rotatable bonds is 9. The summed E-state index contributed by atoms with van der Waals surface area (Å²) in [5, 5.41) is 10.9. The van der Waals surface area contributed by atoms with Crippen molar-refractivity contribution in [2.75, 3.05) is 20.2 Å². The molecule has 0 unspecified atom stereocenters. The van der Waals surface area contributed by atoms with Crippen LogP contribution in [-0.2, 0) is 6.54 Å². The van der Waals surface area contributed by atoms with Crippen molar-refractivity contribution in [3.05, 3.63) is 57.9 Å². The standard InChI is InChI=1S/C24H29NO5/c1-5-12-25(13-6-2)15-20-21(26)11-10-19-22(27)23(16(3)29-24(19)20)30-18-9-7-8-17(14-18)28-4/h7-11,14,26H,5-6,12-13,15H2,1-4H3. The van der Waals surface area contributed by atoms with E-state index < -0.39 is 0 Å². The third-order valence-electron chi connectivity index (χ3n) is 4.98. The summed E-state index contributed by atoms with van der Waals surface area (Å²) in [6.45, 7) is 8.27. The third-order valence-corrected chi connectivity index (χ3v) is 4.98. The molecule has 0 aliphatic carbocycles. The number of nitrogens with zero attached hydrogens (tertiary/aromatic N) is 1. The Morgan fingerprint density at radius 2 is 1.77 bits per heavy atom. The van der Waals surface area contributed by atoms with Gasteiger partial charge in [-0.1, -0.05) is 19.9 Å². The molecular formula is C24H29NO5. The van der Waals surface area contributed by atoms with E-state index in [-0.39, 0.29) is 16.9 Å². The number of aromatic hydroxyl groups is 1. The van der Waals surface area contributed by atoms with Crippen LogP contribution in [0.1, 0.15) is 38.0 Å². The van der Waals surface area contributed by atoms with E-state index in [0.717, 1.165) is 25.9 Å². The molecule has 0 radical (unpaired) electrons. The lowest BCUT2D eigenvalue weighted by atomic mass is 10.1. The Morgan fingerprint density at radius 3 is 2.43 bits per heavy atom. The summed E-state index contributed by atoms with van der Waals surface area (Å²) >= 11 is 0. The fourth-order valence-electron chi connectivity index (χ4n) is 3.57. The Kier molecular flexibility index (Phi) is 7.00. The molecule has 0 saturated heterocycles. The molecule has 2 aromatic carbocycles. The highest BCUT2D eigenvalue weighted by atomic mass is 16.5. The quantitative estimate of drug-likeness (QED) is 0.520. The van der Waals surface area contributed by atoms with Crippen LogP contribution in [0, 0.1) is 6.92 Å². The summed E-state index contributed by atoms with van der Waals surface area (Å²) < 4.78 is 17.1. The molecule has 0 aliphatic heterocycles. The lowest BCUT2D eigenvalue weighted by Gasteiger charge is -2.22. The summed E-state index contributed by atoms with van der Waals surface area (Å²) in [6.07, 6.45) is 2.01. The predicted octanol–water partition coefficient (Wildman–Crippen LogP) is 5.23. The number of benzene rings is 2. The maximum atomic E-state index is 13.2.